The third kappa shape index (κ3) is 2.28. The van der Waals surface area contributed by atoms with Crippen LogP contribution in [0.2, 0.25) is 0 Å². The van der Waals surface area contributed by atoms with Crippen molar-refractivity contribution >= 4 is 0 Å². The van der Waals surface area contributed by atoms with Crippen molar-refractivity contribution in [3.63, 3.8) is 0 Å². The van der Waals surface area contributed by atoms with Crippen molar-refractivity contribution in [3.05, 3.63) is 11.6 Å². The molecule has 24 heavy (non-hydrogen) atoms. The minimum Gasteiger partial charge on any atom is -0.396 e. The van der Waals surface area contributed by atoms with Crippen molar-refractivity contribution in [1.29, 1.82) is 0 Å². The lowest BCUT2D eigenvalue weighted by atomic mass is 9.47. The van der Waals surface area contributed by atoms with Gasteiger partial charge in [-0.15, -0.1) is 0 Å². The van der Waals surface area contributed by atoms with Gasteiger partial charge in [-0.25, -0.2) is 0 Å². The Morgan fingerprint density at radius 2 is 1.79 bits per heavy atom. The summed E-state index contributed by atoms with van der Waals surface area (Å²) >= 11 is 0. The molecule has 3 fully saturated rings. The Bertz CT molecular complexity index is 526. The second-order valence-electron chi connectivity index (χ2n) is 10.1. The van der Waals surface area contributed by atoms with Crippen molar-refractivity contribution < 1.29 is 10.2 Å². The molecule has 0 amide bonds. The van der Waals surface area contributed by atoms with Gasteiger partial charge in [-0.2, -0.15) is 0 Å². The van der Waals surface area contributed by atoms with E-state index in [0.29, 0.717) is 35.2 Å². The summed E-state index contributed by atoms with van der Waals surface area (Å²) in [5.41, 5.74) is 2.61. The molecule has 2 heteroatoms. The predicted octanol–water partition coefficient (Wildman–Crippen LogP) is 4.55. The summed E-state index contributed by atoms with van der Waals surface area (Å²) in [5.74, 6) is 3.32. The van der Waals surface area contributed by atoms with Crippen LogP contribution >= 0.6 is 0 Å². The van der Waals surface area contributed by atoms with Gasteiger partial charge >= 0.3 is 0 Å². The summed E-state index contributed by atoms with van der Waals surface area (Å²) in [7, 11) is 0. The molecule has 0 spiro atoms. The molecule has 2 nitrogen and oxygen atoms in total. The molecule has 4 aliphatic carbocycles. The van der Waals surface area contributed by atoms with Crippen molar-refractivity contribution in [2.75, 3.05) is 6.61 Å². The van der Waals surface area contributed by atoms with Crippen molar-refractivity contribution in [3.8, 4) is 0 Å². The van der Waals surface area contributed by atoms with Crippen LogP contribution in [0.25, 0.3) is 0 Å². The highest BCUT2D eigenvalue weighted by atomic mass is 16.3. The highest BCUT2D eigenvalue weighted by Gasteiger charge is 2.58. The van der Waals surface area contributed by atoms with Crippen LogP contribution in [0.15, 0.2) is 11.6 Å². The largest absolute Gasteiger partial charge is 0.396 e. The lowest BCUT2D eigenvalue weighted by Crippen LogP contribution is -2.50. The zero-order chi connectivity index (χ0) is 17.1. The molecule has 0 aliphatic heterocycles. The Kier molecular flexibility index (Phi) is 4.16. The average Bonchev–Trinajstić information content (AvgIpc) is 2.92. The van der Waals surface area contributed by atoms with Crippen molar-refractivity contribution in [2.45, 2.75) is 78.2 Å². The van der Waals surface area contributed by atoms with Gasteiger partial charge in [-0.3, -0.25) is 0 Å². The number of hydrogen-bond donors (Lipinski definition) is 2. The predicted molar refractivity (Wildman–Crippen MR) is 97.4 cm³/mol. The SMILES string of the molecule is C[C@@H](CO)[C@H]1CC[C@H]2C3=CCC4C[C@@H](O)CC[C@]4(C)[C@H]3CC[C@]12C. The van der Waals surface area contributed by atoms with Gasteiger partial charge < -0.3 is 10.2 Å². The molecule has 4 aliphatic rings. The minimum atomic E-state index is -0.0619. The van der Waals surface area contributed by atoms with Gasteiger partial charge in [0.2, 0.25) is 0 Å². The van der Waals surface area contributed by atoms with E-state index in [1.54, 1.807) is 5.57 Å². The van der Waals surface area contributed by atoms with E-state index in [4.69, 9.17) is 0 Å². The summed E-state index contributed by atoms with van der Waals surface area (Å²) in [5, 5.41) is 19.8. The second-order valence-corrected chi connectivity index (χ2v) is 10.1. The molecular formula is C22H36O2. The monoisotopic (exact) mass is 332 g/mol. The molecule has 1 unspecified atom stereocenters. The van der Waals surface area contributed by atoms with Gasteiger partial charge in [0.15, 0.2) is 0 Å². The van der Waals surface area contributed by atoms with Gasteiger partial charge in [-0.1, -0.05) is 32.4 Å². The lowest BCUT2D eigenvalue weighted by molar-refractivity contribution is -0.0439. The zero-order valence-electron chi connectivity index (χ0n) is 15.8. The highest BCUT2D eigenvalue weighted by Crippen LogP contribution is 2.66. The second kappa shape index (κ2) is 5.84. The minimum absolute atomic E-state index is 0.0619. The van der Waals surface area contributed by atoms with Gasteiger partial charge in [0.05, 0.1) is 6.10 Å². The lowest BCUT2D eigenvalue weighted by Gasteiger charge is -2.57. The molecule has 0 saturated heterocycles. The molecule has 4 rings (SSSR count). The van der Waals surface area contributed by atoms with Crippen LogP contribution in [0.4, 0.5) is 0 Å². The van der Waals surface area contributed by atoms with Gasteiger partial charge in [-0.05, 0) is 91.8 Å². The number of aliphatic hydroxyl groups excluding tert-OH is 2. The Hall–Kier alpha value is -0.340. The molecule has 2 N–H and O–H groups in total. The van der Waals surface area contributed by atoms with E-state index in [-0.39, 0.29) is 6.10 Å². The number of rotatable bonds is 2. The first-order valence-corrected chi connectivity index (χ1v) is 10.4. The molecule has 0 aromatic rings. The normalized spacial score (nSPS) is 52.0. The standard InChI is InChI=1S/C22H36O2/c1-14(13-23)18-6-7-19-17-5-4-15-12-16(24)8-10-21(15,2)20(17)9-11-22(18,19)3/h5,14-16,18-20,23-24H,4,6-13H2,1-3H3/t14-,15?,16-,18+,19-,20-,21-,22+/m0/s1. The van der Waals surface area contributed by atoms with E-state index < -0.39 is 0 Å². The Labute approximate surface area is 147 Å². The van der Waals surface area contributed by atoms with Crippen LogP contribution in [0.3, 0.4) is 0 Å². The maximum Gasteiger partial charge on any atom is 0.0543 e. The quantitative estimate of drug-likeness (QED) is 0.728. The Balaban J connectivity index is 1.64. The topological polar surface area (TPSA) is 40.5 Å². The molecule has 0 aromatic heterocycles. The first-order valence-electron chi connectivity index (χ1n) is 10.4. The van der Waals surface area contributed by atoms with Gasteiger partial charge in [0.25, 0.3) is 0 Å². The summed E-state index contributed by atoms with van der Waals surface area (Å²) in [6.07, 6.45) is 12.2. The fourth-order valence-electron chi connectivity index (χ4n) is 7.59. The Morgan fingerprint density at radius 1 is 1.08 bits per heavy atom. The van der Waals surface area contributed by atoms with Crippen LogP contribution in [0.5, 0.6) is 0 Å². The molecule has 0 bridgehead atoms. The third-order valence-corrected chi connectivity index (χ3v) is 9.10. The molecule has 0 heterocycles. The van der Waals surface area contributed by atoms with Gasteiger partial charge in [0, 0.05) is 6.61 Å². The maximum absolute atomic E-state index is 10.1. The summed E-state index contributed by atoms with van der Waals surface area (Å²) in [4.78, 5) is 0. The molecule has 8 atom stereocenters. The number of allylic oxidation sites excluding steroid dienone is 2. The van der Waals surface area contributed by atoms with E-state index >= 15 is 0 Å². The first-order chi connectivity index (χ1) is 11.4. The zero-order valence-corrected chi connectivity index (χ0v) is 15.8. The van der Waals surface area contributed by atoms with Crippen LogP contribution in [0, 0.1) is 40.4 Å². The van der Waals surface area contributed by atoms with Crippen LogP contribution < -0.4 is 0 Å². The molecule has 0 aromatic carbocycles. The fraction of sp³-hybridized carbons (Fsp3) is 0.909. The summed E-state index contributed by atoms with van der Waals surface area (Å²) in [6.45, 7) is 7.65. The highest BCUT2D eigenvalue weighted by molar-refractivity contribution is 5.27. The first kappa shape index (κ1) is 17.1. The van der Waals surface area contributed by atoms with E-state index in [0.717, 1.165) is 24.7 Å². The average molecular weight is 333 g/mol. The van der Waals surface area contributed by atoms with E-state index in [1.165, 1.54) is 38.5 Å². The number of fused-ring (bicyclic) bond motifs is 5. The molecule has 136 valence electrons. The van der Waals surface area contributed by atoms with Crippen LogP contribution in [0.1, 0.15) is 72.1 Å². The maximum atomic E-state index is 10.1. The van der Waals surface area contributed by atoms with Gasteiger partial charge in [0.1, 0.15) is 0 Å². The summed E-state index contributed by atoms with van der Waals surface area (Å²) < 4.78 is 0. The third-order valence-electron chi connectivity index (χ3n) is 9.10. The van der Waals surface area contributed by atoms with E-state index in [9.17, 15) is 10.2 Å². The smallest absolute Gasteiger partial charge is 0.0543 e. The number of aliphatic hydroxyl groups is 2. The van der Waals surface area contributed by atoms with Crippen LogP contribution in [-0.2, 0) is 0 Å². The van der Waals surface area contributed by atoms with Crippen molar-refractivity contribution in [1.82, 2.24) is 0 Å². The van der Waals surface area contributed by atoms with E-state index in [2.05, 4.69) is 26.8 Å². The van der Waals surface area contributed by atoms with Crippen LogP contribution in [-0.4, -0.2) is 22.9 Å². The summed E-state index contributed by atoms with van der Waals surface area (Å²) in [6, 6.07) is 0. The van der Waals surface area contributed by atoms with E-state index in [1.807, 2.05) is 0 Å². The molecule has 0 radical (unpaired) electrons. The molecular weight excluding hydrogens is 296 g/mol. The fourth-order valence-corrected chi connectivity index (χ4v) is 7.59. The number of hydrogen-bond acceptors (Lipinski definition) is 2. The van der Waals surface area contributed by atoms with Crippen molar-refractivity contribution in [2.24, 2.45) is 40.4 Å². The molecule has 3 saturated carbocycles. The Morgan fingerprint density at radius 3 is 2.54 bits per heavy atom.